The monoisotopic (exact) mass is 266 g/mol. The van der Waals surface area contributed by atoms with Crippen LogP contribution in [-0.2, 0) is 4.74 Å². The van der Waals surface area contributed by atoms with Crippen LogP contribution in [0.25, 0.3) is 0 Å². The van der Waals surface area contributed by atoms with Crippen molar-refractivity contribution in [2.24, 2.45) is 0 Å². The quantitative estimate of drug-likeness (QED) is 0.724. The SMILES string of the molecule is COCCNCC1CCCN1c1cc(=O)[nH]c(C)n1. The Balaban J connectivity index is 1.99. The van der Waals surface area contributed by atoms with E-state index in [0.717, 1.165) is 44.9 Å². The number of aryl methyl sites for hydroxylation is 1. The fourth-order valence-electron chi connectivity index (χ4n) is 2.50. The largest absolute Gasteiger partial charge is 0.383 e. The first-order valence-electron chi connectivity index (χ1n) is 6.75. The van der Waals surface area contributed by atoms with Crippen LogP contribution in [0.15, 0.2) is 10.9 Å². The van der Waals surface area contributed by atoms with Crippen molar-refractivity contribution in [1.82, 2.24) is 15.3 Å². The minimum atomic E-state index is -0.0829. The highest BCUT2D eigenvalue weighted by Gasteiger charge is 2.25. The predicted octanol–water partition coefficient (Wildman–Crippen LogP) is 0.283. The minimum Gasteiger partial charge on any atom is -0.383 e. The molecule has 2 N–H and O–H groups in total. The van der Waals surface area contributed by atoms with E-state index in [1.165, 1.54) is 0 Å². The maximum Gasteiger partial charge on any atom is 0.252 e. The molecule has 0 amide bonds. The summed E-state index contributed by atoms with van der Waals surface area (Å²) < 4.78 is 5.02. The standard InChI is InChI=1S/C13H22N4O2/c1-10-15-12(8-13(18)16-10)17-6-3-4-11(17)9-14-5-7-19-2/h8,11,14H,3-7,9H2,1-2H3,(H,15,16,18). The Kier molecular flexibility index (Phi) is 4.93. The molecule has 0 aromatic carbocycles. The number of rotatable bonds is 6. The van der Waals surface area contributed by atoms with Crippen molar-refractivity contribution in [2.75, 3.05) is 38.3 Å². The van der Waals surface area contributed by atoms with Crippen LogP contribution in [0.2, 0.25) is 0 Å². The van der Waals surface area contributed by atoms with Gasteiger partial charge in [0.1, 0.15) is 11.6 Å². The average molecular weight is 266 g/mol. The Morgan fingerprint density at radius 1 is 1.63 bits per heavy atom. The molecule has 1 aliphatic rings. The lowest BCUT2D eigenvalue weighted by Crippen LogP contribution is -2.39. The molecule has 1 aliphatic heterocycles. The highest BCUT2D eigenvalue weighted by molar-refractivity contribution is 5.40. The van der Waals surface area contributed by atoms with Gasteiger partial charge in [-0.1, -0.05) is 0 Å². The molecule has 1 aromatic heterocycles. The first kappa shape index (κ1) is 14.0. The summed E-state index contributed by atoms with van der Waals surface area (Å²) in [5.74, 6) is 1.46. The van der Waals surface area contributed by atoms with E-state index in [-0.39, 0.29) is 5.56 Å². The third kappa shape index (κ3) is 3.78. The van der Waals surface area contributed by atoms with Crippen LogP contribution >= 0.6 is 0 Å². The molecule has 106 valence electrons. The summed E-state index contributed by atoms with van der Waals surface area (Å²) in [4.78, 5) is 20.9. The van der Waals surface area contributed by atoms with E-state index in [4.69, 9.17) is 4.74 Å². The number of hydrogen-bond acceptors (Lipinski definition) is 5. The van der Waals surface area contributed by atoms with E-state index < -0.39 is 0 Å². The molecule has 19 heavy (non-hydrogen) atoms. The molecule has 1 aromatic rings. The Labute approximate surface area is 113 Å². The second-order valence-electron chi connectivity index (χ2n) is 4.88. The predicted molar refractivity (Wildman–Crippen MR) is 74.7 cm³/mol. The summed E-state index contributed by atoms with van der Waals surface area (Å²) in [7, 11) is 1.70. The molecule has 0 bridgehead atoms. The molecular formula is C13H22N4O2. The van der Waals surface area contributed by atoms with E-state index in [2.05, 4.69) is 20.2 Å². The molecule has 0 saturated carbocycles. The van der Waals surface area contributed by atoms with Gasteiger partial charge in [-0.15, -0.1) is 0 Å². The van der Waals surface area contributed by atoms with Crippen molar-refractivity contribution >= 4 is 5.82 Å². The van der Waals surface area contributed by atoms with Gasteiger partial charge < -0.3 is 19.9 Å². The number of nitrogens with zero attached hydrogens (tertiary/aromatic N) is 2. The maximum absolute atomic E-state index is 11.5. The molecule has 1 atom stereocenters. The van der Waals surface area contributed by atoms with Crippen molar-refractivity contribution in [2.45, 2.75) is 25.8 Å². The third-order valence-corrected chi connectivity index (χ3v) is 3.38. The van der Waals surface area contributed by atoms with Gasteiger partial charge in [-0.3, -0.25) is 4.79 Å². The number of aromatic nitrogens is 2. The van der Waals surface area contributed by atoms with Crippen LogP contribution in [0.4, 0.5) is 5.82 Å². The highest BCUT2D eigenvalue weighted by Crippen LogP contribution is 2.22. The molecule has 1 saturated heterocycles. The van der Waals surface area contributed by atoms with Crippen LogP contribution in [0.5, 0.6) is 0 Å². The van der Waals surface area contributed by atoms with E-state index in [9.17, 15) is 4.79 Å². The molecule has 6 nitrogen and oxygen atoms in total. The van der Waals surface area contributed by atoms with E-state index in [1.54, 1.807) is 13.2 Å². The van der Waals surface area contributed by atoms with Crippen LogP contribution < -0.4 is 15.8 Å². The Morgan fingerprint density at radius 2 is 2.47 bits per heavy atom. The summed E-state index contributed by atoms with van der Waals surface area (Å²) in [6.45, 7) is 5.24. The van der Waals surface area contributed by atoms with Crippen LogP contribution in [0.3, 0.4) is 0 Å². The van der Waals surface area contributed by atoms with Crippen molar-refractivity contribution in [3.8, 4) is 0 Å². The second-order valence-corrected chi connectivity index (χ2v) is 4.88. The Bertz CT molecular complexity index is 460. The van der Waals surface area contributed by atoms with Crippen molar-refractivity contribution < 1.29 is 4.74 Å². The number of aromatic amines is 1. The fourth-order valence-corrected chi connectivity index (χ4v) is 2.50. The lowest BCUT2D eigenvalue weighted by atomic mass is 10.2. The Hall–Kier alpha value is -1.40. The van der Waals surface area contributed by atoms with Gasteiger partial charge in [-0.2, -0.15) is 0 Å². The summed E-state index contributed by atoms with van der Waals surface area (Å²) >= 11 is 0. The van der Waals surface area contributed by atoms with Crippen molar-refractivity contribution in [1.29, 1.82) is 0 Å². The van der Waals surface area contributed by atoms with Gasteiger partial charge in [0.25, 0.3) is 5.56 Å². The number of hydrogen-bond donors (Lipinski definition) is 2. The molecular weight excluding hydrogens is 244 g/mol. The molecule has 0 aliphatic carbocycles. The zero-order valence-electron chi connectivity index (χ0n) is 11.6. The molecule has 1 unspecified atom stereocenters. The van der Waals surface area contributed by atoms with E-state index >= 15 is 0 Å². The maximum atomic E-state index is 11.5. The molecule has 0 spiro atoms. The molecule has 1 fully saturated rings. The molecule has 2 heterocycles. The first-order valence-corrected chi connectivity index (χ1v) is 6.75. The minimum absolute atomic E-state index is 0.0829. The Morgan fingerprint density at radius 3 is 3.21 bits per heavy atom. The number of nitrogens with one attached hydrogen (secondary N) is 2. The van der Waals surface area contributed by atoms with Gasteiger partial charge in [0, 0.05) is 38.9 Å². The molecule has 2 rings (SSSR count). The first-order chi connectivity index (χ1) is 9.20. The highest BCUT2D eigenvalue weighted by atomic mass is 16.5. The van der Waals surface area contributed by atoms with Crippen molar-refractivity contribution in [3.63, 3.8) is 0 Å². The van der Waals surface area contributed by atoms with Crippen LogP contribution in [0, 0.1) is 6.92 Å². The van der Waals surface area contributed by atoms with Gasteiger partial charge in [-0.05, 0) is 19.8 Å². The molecule has 6 heteroatoms. The zero-order chi connectivity index (χ0) is 13.7. The number of ether oxygens (including phenoxy) is 1. The summed E-state index contributed by atoms with van der Waals surface area (Å²) in [5, 5.41) is 3.38. The molecule has 0 radical (unpaired) electrons. The average Bonchev–Trinajstić information content (AvgIpc) is 2.82. The number of anilines is 1. The van der Waals surface area contributed by atoms with Crippen molar-refractivity contribution in [3.05, 3.63) is 22.2 Å². The topological polar surface area (TPSA) is 70.2 Å². The third-order valence-electron chi connectivity index (χ3n) is 3.38. The van der Waals surface area contributed by atoms with Gasteiger partial charge in [-0.25, -0.2) is 4.98 Å². The summed E-state index contributed by atoms with van der Waals surface area (Å²) in [6.07, 6.45) is 2.28. The summed E-state index contributed by atoms with van der Waals surface area (Å²) in [6, 6.07) is 1.99. The lowest BCUT2D eigenvalue weighted by molar-refractivity contribution is 0.199. The van der Waals surface area contributed by atoms with Crippen LogP contribution in [-0.4, -0.2) is 49.4 Å². The van der Waals surface area contributed by atoms with Gasteiger partial charge in [0.05, 0.1) is 6.61 Å². The smallest absolute Gasteiger partial charge is 0.252 e. The number of methoxy groups -OCH3 is 1. The van der Waals surface area contributed by atoms with Crippen LogP contribution in [0.1, 0.15) is 18.7 Å². The van der Waals surface area contributed by atoms with E-state index in [0.29, 0.717) is 11.9 Å². The second kappa shape index (κ2) is 6.68. The van der Waals surface area contributed by atoms with E-state index in [1.807, 2.05) is 6.92 Å². The zero-order valence-corrected chi connectivity index (χ0v) is 11.6. The fraction of sp³-hybridized carbons (Fsp3) is 0.692. The van der Waals surface area contributed by atoms with Gasteiger partial charge in [0.15, 0.2) is 0 Å². The normalized spacial score (nSPS) is 19.1. The van der Waals surface area contributed by atoms with Gasteiger partial charge in [0.2, 0.25) is 0 Å². The number of H-pyrrole nitrogens is 1. The summed E-state index contributed by atoms with van der Waals surface area (Å²) in [5.41, 5.74) is -0.0829. The van der Waals surface area contributed by atoms with Gasteiger partial charge >= 0.3 is 0 Å². The lowest BCUT2D eigenvalue weighted by Gasteiger charge is -2.26.